The number of aromatic nitrogens is 2. The number of nitrogens with two attached hydrogens (primary N) is 1. The van der Waals surface area contributed by atoms with Crippen LogP contribution in [0.5, 0.6) is 0 Å². The summed E-state index contributed by atoms with van der Waals surface area (Å²) in [5.74, 6) is 0. The molecule has 3 nitrogen and oxygen atoms in total. The van der Waals surface area contributed by atoms with E-state index in [-0.39, 0.29) is 0 Å². The molecule has 0 fully saturated rings. The molecule has 0 saturated carbocycles. The molecule has 2 N–H and O–H groups in total. The summed E-state index contributed by atoms with van der Waals surface area (Å²) in [7, 11) is 0. The molecule has 0 spiro atoms. The van der Waals surface area contributed by atoms with Crippen molar-refractivity contribution in [2.45, 2.75) is 12.7 Å². The number of nitrogens with zero attached hydrogens (tertiary/aromatic N) is 2. The Bertz CT molecular complexity index is 563. The van der Waals surface area contributed by atoms with Crippen LogP contribution in [-0.2, 0) is 12.7 Å². The van der Waals surface area contributed by atoms with Crippen LogP contribution >= 0.6 is 15.9 Å². The highest BCUT2D eigenvalue weighted by Crippen LogP contribution is 2.29. The van der Waals surface area contributed by atoms with Crippen molar-refractivity contribution in [2.24, 2.45) is 5.73 Å². The van der Waals surface area contributed by atoms with Gasteiger partial charge in [0.05, 0.1) is 17.4 Å². The van der Waals surface area contributed by atoms with Crippen molar-refractivity contribution in [3.05, 3.63) is 46.2 Å². The Labute approximate surface area is 110 Å². The van der Waals surface area contributed by atoms with Gasteiger partial charge >= 0.3 is 6.18 Å². The van der Waals surface area contributed by atoms with Crippen molar-refractivity contribution < 1.29 is 13.2 Å². The third-order valence-electron chi connectivity index (χ3n) is 2.35. The van der Waals surface area contributed by atoms with E-state index in [0.29, 0.717) is 12.2 Å². The highest BCUT2D eigenvalue weighted by Gasteiger charge is 2.32. The lowest BCUT2D eigenvalue weighted by Gasteiger charge is -2.05. The van der Waals surface area contributed by atoms with Gasteiger partial charge in [-0.1, -0.05) is 15.9 Å². The summed E-state index contributed by atoms with van der Waals surface area (Å²) in [5.41, 5.74) is 6.07. The zero-order valence-electron chi connectivity index (χ0n) is 9.08. The van der Waals surface area contributed by atoms with E-state index in [1.54, 1.807) is 18.2 Å². The topological polar surface area (TPSA) is 43.8 Å². The SMILES string of the molecule is NCc1cc(Br)cc(-n2cc(C(F)(F)F)cn2)c1. The van der Waals surface area contributed by atoms with Crippen molar-refractivity contribution in [1.29, 1.82) is 0 Å². The van der Waals surface area contributed by atoms with Gasteiger partial charge in [-0.15, -0.1) is 0 Å². The summed E-state index contributed by atoms with van der Waals surface area (Å²) in [4.78, 5) is 0. The normalized spacial score (nSPS) is 11.8. The first-order chi connectivity index (χ1) is 8.40. The van der Waals surface area contributed by atoms with E-state index in [1.807, 2.05) is 0 Å². The van der Waals surface area contributed by atoms with Crippen LogP contribution in [0.25, 0.3) is 5.69 Å². The zero-order chi connectivity index (χ0) is 13.3. The highest BCUT2D eigenvalue weighted by atomic mass is 79.9. The van der Waals surface area contributed by atoms with Gasteiger partial charge in [-0.2, -0.15) is 18.3 Å². The smallest absolute Gasteiger partial charge is 0.326 e. The zero-order valence-corrected chi connectivity index (χ0v) is 10.7. The molecule has 0 radical (unpaired) electrons. The molecule has 0 aliphatic rings. The van der Waals surface area contributed by atoms with Crippen LogP contribution in [0.2, 0.25) is 0 Å². The minimum atomic E-state index is -4.39. The molecule has 1 heterocycles. The number of benzene rings is 1. The van der Waals surface area contributed by atoms with Crippen molar-refractivity contribution in [3.63, 3.8) is 0 Å². The summed E-state index contributed by atoms with van der Waals surface area (Å²) < 4.78 is 39.3. The Morgan fingerprint density at radius 2 is 2.00 bits per heavy atom. The molecular formula is C11H9BrF3N3. The summed E-state index contributed by atoms with van der Waals surface area (Å²) in [6, 6.07) is 5.17. The average molecular weight is 320 g/mol. The van der Waals surface area contributed by atoms with Crippen LogP contribution in [0.1, 0.15) is 11.1 Å². The van der Waals surface area contributed by atoms with Gasteiger partial charge in [0.1, 0.15) is 0 Å². The lowest BCUT2D eigenvalue weighted by molar-refractivity contribution is -0.137. The first kappa shape index (κ1) is 13.1. The number of rotatable bonds is 2. The first-order valence-electron chi connectivity index (χ1n) is 5.02. The molecule has 0 amide bonds. The molecule has 2 aromatic rings. The van der Waals surface area contributed by atoms with Gasteiger partial charge < -0.3 is 5.73 Å². The second kappa shape index (κ2) is 4.74. The lowest BCUT2D eigenvalue weighted by Crippen LogP contribution is -2.03. The predicted molar refractivity (Wildman–Crippen MR) is 64.2 cm³/mol. The van der Waals surface area contributed by atoms with Gasteiger partial charge in [0.2, 0.25) is 0 Å². The van der Waals surface area contributed by atoms with Crippen molar-refractivity contribution in [2.75, 3.05) is 0 Å². The molecule has 2 rings (SSSR count). The molecule has 0 aliphatic heterocycles. The molecule has 18 heavy (non-hydrogen) atoms. The number of hydrogen-bond acceptors (Lipinski definition) is 2. The standard InChI is InChI=1S/C11H9BrF3N3/c12-9-1-7(4-16)2-10(3-9)18-6-8(5-17-18)11(13,14)15/h1-3,5-6H,4,16H2. The van der Waals surface area contributed by atoms with Crippen LogP contribution in [-0.4, -0.2) is 9.78 Å². The minimum absolute atomic E-state index is 0.305. The molecule has 0 aliphatic carbocycles. The van der Waals surface area contributed by atoms with Gasteiger partial charge in [-0.05, 0) is 23.8 Å². The fraction of sp³-hybridized carbons (Fsp3) is 0.182. The molecule has 0 bridgehead atoms. The fourth-order valence-electron chi connectivity index (χ4n) is 1.49. The molecule has 7 heteroatoms. The molecule has 0 atom stereocenters. The quantitative estimate of drug-likeness (QED) is 0.924. The van der Waals surface area contributed by atoms with Crippen molar-refractivity contribution in [3.8, 4) is 5.69 Å². The van der Waals surface area contributed by atoms with Crippen LogP contribution < -0.4 is 5.73 Å². The maximum absolute atomic E-state index is 12.5. The molecule has 96 valence electrons. The van der Waals surface area contributed by atoms with Crippen LogP contribution in [0.15, 0.2) is 35.1 Å². The third-order valence-corrected chi connectivity index (χ3v) is 2.81. The first-order valence-corrected chi connectivity index (χ1v) is 5.81. The predicted octanol–water partition coefficient (Wildman–Crippen LogP) is 3.11. The van der Waals surface area contributed by atoms with Crippen molar-refractivity contribution >= 4 is 15.9 Å². The molecule has 0 saturated heterocycles. The summed E-state index contributed by atoms with van der Waals surface area (Å²) >= 11 is 3.28. The van der Waals surface area contributed by atoms with Crippen molar-refractivity contribution in [1.82, 2.24) is 9.78 Å². The van der Waals surface area contributed by atoms with E-state index < -0.39 is 11.7 Å². The summed E-state index contributed by atoms with van der Waals surface area (Å²) in [5, 5.41) is 3.70. The van der Waals surface area contributed by atoms with Gasteiger partial charge in [-0.25, -0.2) is 4.68 Å². The molecular weight excluding hydrogens is 311 g/mol. The van der Waals surface area contributed by atoms with Crippen LogP contribution in [0.3, 0.4) is 0 Å². The number of hydrogen-bond donors (Lipinski definition) is 1. The van der Waals surface area contributed by atoms with E-state index in [9.17, 15) is 13.2 Å². The minimum Gasteiger partial charge on any atom is -0.326 e. The number of alkyl halides is 3. The Morgan fingerprint density at radius 1 is 1.28 bits per heavy atom. The Hall–Kier alpha value is -1.34. The van der Waals surface area contributed by atoms with Crippen LogP contribution in [0, 0.1) is 0 Å². The van der Waals surface area contributed by atoms with Gasteiger partial charge in [0.25, 0.3) is 0 Å². The summed E-state index contributed by atoms with van der Waals surface area (Å²) in [6.07, 6.45) is -2.65. The lowest BCUT2D eigenvalue weighted by atomic mass is 10.2. The van der Waals surface area contributed by atoms with E-state index in [0.717, 1.165) is 22.4 Å². The largest absolute Gasteiger partial charge is 0.419 e. The average Bonchev–Trinajstić information content (AvgIpc) is 2.77. The van der Waals surface area contributed by atoms with Gasteiger partial charge in [-0.3, -0.25) is 0 Å². The molecule has 0 unspecified atom stereocenters. The molecule has 1 aromatic heterocycles. The van der Waals surface area contributed by atoms with Gasteiger partial charge in [0.15, 0.2) is 0 Å². The highest BCUT2D eigenvalue weighted by molar-refractivity contribution is 9.10. The van der Waals surface area contributed by atoms with Gasteiger partial charge in [0, 0.05) is 17.2 Å². The van der Waals surface area contributed by atoms with E-state index in [4.69, 9.17) is 5.73 Å². The van der Waals surface area contributed by atoms with Crippen LogP contribution in [0.4, 0.5) is 13.2 Å². The van der Waals surface area contributed by atoms with E-state index in [1.165, 1.54) is 4.68 Å². The summed E-state index contributed by atoms with van der Waals surface area (Å²) in [6.45, 7) is 0.305. The maximum Gasteiger partial charge on any atom is 0.419 e. The Morgan fingerprint density at radius 3 is 2.56 bits per heavy atom. The second-order valence-corrected chi connectivity index (χ2v) is 4.61. The molecule has 1 aromatic carbocycles. The number of halogens is 4. The fourth-order valence-corrected chi connectivity index (χ4v) is 2.02. The Balaban J connectivity index is 2.43. The Kier molecular flexibility index (Phi) is 3.45. The third kappa shape index (κ3) is 2.73. The maximum atomic E-state index is 12.5. The monoisotopic (exact) mass is 319 g/mol. The van der Waals surface area contributed by atoms with E-state index >= 15 is 0 Å². The van der Waals surface area contributed by atoms with E-state index in [2.05, 4.69) is 21.0 Å². The second-order valence-electron chi connectivity index (χ2n) is 3.69.